The van der Waals surface area contributed by atoms with Crippen LogP contribution in [-0.4, -0.2) is 25.0 Å². The number of hydrogen-bond acceptors (Lipinski definition) is 5. The van der Waals surface area contributed by atoms with E-state index in [2.05, 4.69) is 37.1 Å². The molecule has 0 fully saturated rings. The van der Waals surface area contributed by atoms with Gasteiger partial charge in [-0.15, -0.1) is 6.42 Å². The molecule has 0 atom stereocenters. The Labute approximate surface area is 316 Å². The third-order valence-electron chi connectivity index (χ3n) is 7.51. The van der Waals surface area contributed by atoms with Crippen LogP contribution in [0, 0.1) is 40.0 Å². The average Bonchev–Trinajstić information content (AvgIpc) is 3.72. The summed E-state index contributed by atoms with van der Waals surface area (Å²) < 4.78 is 81.7. The number of aromatic nitrogens is 4. The van der Waals surface area contributed by atoms with E-state index in [0.717, 1.165) is 45.7 Å². The highest BCUT2D eigenvalue weighted by Gasteiger charge is 2.32. The van der Waals surface area contributed by atoms with Crippen molar-refractivity contribution in [1.82, 2.24) is 19.1 Å². The van der Waals surface area contributed by atoms with E-state index >= 15 is 0 Å². The molecule has 0 saturated heterocycles. The molecular weight excluding hydrogens is 776 g/mol. The van der Waals surface area contributed by atoms with Crippen LogP contribution in [0.4, 0.5) is 43.4 Å². The summed E-state index contributed by atoms with van der Waals surface area (Å²) in [6.07, 6.45) is 2.54. The summed E-state index contributed by atoms with van der Waals surface area (Å²) in [6.45, 7) is 7.31. The van der Waals surface area contributed by atoms with E-state index in [9.17, 15) is 31.1 Å². The molecule has 280 valence electrons. The van der Waals surface area contributed by atoms with Crippen molar-refractivity contribution >= 4 is 38.9 Å². The SMILES string of the molecule is C#Cc1cc(C(=O)Nc2cc(-n3cnc(C)c3)cc(C(F)(F)F)c2)ccc1C.Cc1cc(N)cc(Br)c1.Cc1cn(-c2cc(N)cc(C(F)(F)F)c2)cn1. The number of anilines is 3. The third kappa shape index (κ3) is 11.2. The number of benzene rings is 4. The molecule has 5 N–H and O–H groups in total. The van der Waals surface area contributed by atoms with E-state index in [-0.39, 0.29) is 22.6 Å². The number of alkyl halides is 6. The zero-order valence-electron chi connectivity index (χ0n) is 29.3. The number of hydrogen-bond donors (Lipinski definition) is 3. The van der Waals surface area contributed by atoms with Crippen LogP contribution in [0.25, 0.3) is 11.4 Å². The molecule has 6 rings (SSSR count). The molecule has 4 aromatic carbocycles. The highest BCUT2D eigenvalue weighted by molar-refractivity contribution is 9.10. The number of imidazole rings is 2. The molecule has 0 spiro atoms. The third-order valence-corrected chi connectivity index (χ3v) is 7.97. The second-order valence-corrected chi connectivity index (χ2v) is 13.0. The van der Waals surface area contributed by atoms with Gasteiger partial charge in [0.25, 0.3) is 5.91 Å². The van der Waals surface area contributed by atoms with Crippen LogP contribution in [0.1, 0.15) is 49.6 Å². The number of aryl methyl sites for hydroxylation is 4. The number of nitrogens with one attached hydrogen (secondary N) is 1. The van der Waals surface area contributed by atoms with Crippen molar-refractivity contribution in [2.45, 2.75) is 40.0 Å². The standard InChI is InChI=1S/C21H16F3N3O.C11H10F3N3.C7H8BrN/c1-4-15-7-16(6-5-13(15)2)20(28)26-18-8-17(21(22,23)24)9-19(10-18)27-11-14(3)25-12-27;1-7-5-17(6-16-7)10-3-8(11(12,13)14)2-9(15)4-10;1-5-2-6(8)4-7(9)3-5/h1,5-12H,2-3H3,(H,26,28);2-6H,15H2,1H3;2-4H,9H2,1H3. The molecule has 0 bridgehead atoms. The van der Waals surface area contributed by atoms with E-state index in [0.29, 0.717) is 16.9 Å². The summed E-state index contributed by atoms with van der Waals surface area (Å²) in [5, 5.41) is 2.52. The van der Waals surface area contributed by atoms with Gasteiger partial charge in [-0.25, -0.2) is 9.97 Å². The van der Waals surface area contributed by atoms with Gasteiger partial charge in [0.2, 0.25) is 0 Å². The van der Waals surface area contributed by atoms with Gasteiger partial charge in [-0.3, -0.25) is 4.79 Å². The zero-order valence-corrected chi connectivity index (χ0v) is 30.9. The van der Waals surface area contributed by atoms with Crippen molar-refractivity contribution in [2.75, 3.05) is 16.8 Å². The van der Waals surface area contributed by atoms with Crippen LogP contribution in [0.15, 0.2) is 102 Å². The first-order chi connectivity index (χ1) is 25.2. The molecular formula is C39H34BrF6N7O. The van der Waals surface area contributed by atoms with Crippen molar-refractivity contribution < 1.29 is 31.1 Å². The highest BCUT2D eigenvalue weighted by atomic mass is 79.9. The van der Waals surface area contributed by atoms with E-state index in [4.69, 9.17) is 17.9 Å². The number of nitrogens with two attached hydrogens (primary N) is 2. The number of halogens is 7. The minimum atomic E-state index is -4.56. The molecule has 0 aliphatic carbocycles. The average molecular weight is 811 g/mol. The molecule has 54 heavy (non-hydrogen) atoms. The maximum Gasteiger partial charge on any atom is 0.416 e. The van der Waals surface area contributed by atoms with Crippen LogP contribution in [0.5, 0.6) is 0 Å². The lowest BCUT2D eigenvalue weighted by Crippen LogP contribution is -2.14. The van der Waals surface area contributed by atoms with Crippen molar-refractivity contribution in [2.24, 2.45) is 0 Å². The van der Waals surface area contributed by atoms with Gasteiger partial charge < -0.3 is 25.9 Å². The Balaban J connectivity index is 0.000000210. The number of carbonyl (C=O) groups excluding carboxylic acids is 1. The Bertz CT molecular complexity index is 2270. The zero-order chi connectivity index (χ0) is 40.0. The molecule has 8 nitrogen and oxygen atoms in total. The Morgan fingerprint density at radius 3 is 1.76 bits per heavy atom. The van der Waals surface area contributed by atoms with Gasteiger partial charge in [-0.1, -0.05) is 27.9 Å². The van der Waals surface area contributed by atoms with Gasteiger partial charge in [0.05, 0.1) is 35.2 Å². The molecule has 2 aromatic heterocycles. The molecule has 0 unspecified atom stereocenters. The molecule has 15 heteroatoms. The van der Waals surface area contributed by atoms with Crippen LogP contribution in [0.2, 0.25) is 0 Å². The first-order valence-corrected chi connectivity index (χ1v) is 16.6. The molecule has 2 heterocycles. The summed E-state index contributed by atoms with van der Waals surface area (Å²) >= 11 is 3.33. The summed E-state index contributed by atoms with van der Waals surface area (Å²) in [6, 6.07) is 17.4. The number of amides is 1. The Morgan fingerprint density at radius 2 is 1.28 bits per heavy atom. The fraction of sp³-hybridized carbons (Fsp3) is 0.154. The van der Waals surface area contributed by atoms with Crippen molar-refractivity contribution in [1.29, 1.82) is 0 Å². The number of carbonyl (C=O) groups is 1. The molecule has 0 aliphatic heterocycles. The summed E-state index contributed by atoms with van der Waals surface area (Å²) in [5.41, 5.74) is 15.0. The van der Waals surface area contributed by atoms with E-state index in [1.54, 1.807) is 38.4 Å². The van der Waals surface area contributed by atoms with Crippen molar-refractivity contribution in [3.63, 3.8) is 0 Å². The molecule has 0 aliphatic rings. The second kappa shape index (κ2) is 16.8. The number of terminal acetylenes is 1. The normalized spacial score (nSPS) is 11.1. The van der Waals surface area contributed by atoms with Gasteiger partial charge in [-0.2, -0.15) is 26.3 Å². The van der Waals surface area contributed by atoms with Gasteiger partial charge >= 0.3 is 12.4 Å². The summed E-state index contributed by atoms with van der Waals surface area (Å²) in [7, 11) is 0. The Hall–Kier alpha value is -6.01. The first kappa shape index (κ1) is 40.8. The van der Waals surface area contributed by atoms with Crippen molar-refractivity contribution in [3.05, 3.63) is 147 Å². The maximum atomic E-state index is 13.3. The maximum absolute atomic E-state index is 13.3. The largest absolute Gasteiger partial charge is 0.416 e. The van der Waals surface area contributed by atoms with E-state index in [1.807, 2.05) is 32.0 Å². The lowest BCUT2D eigenvalue weighted by molar-refractivity contribution is -0.138. The smallest absolute Gasteiger partial charge is 0.399 e. The summed E-state index contributed by atoms with van der Waals surface area (Å²) in [4.78, 5) is 20.5. The van der Waals surface area contributed by atoms with Gasteiger partial charge in [0, 0.05) is 56.4 Å². The van der Waals surface area contributed by atoms with Crippen molar-refractivity contribution in [3.8, 4) is 23.7 Å². The predicted octanol–water partition coefficient (Wildman–Crippen LogP) is 9.86. The Morgan fingerprint density at radius 1 is 0.741 bits per heavy atom. The lowest BCUT2D eigenvalue weighted by Gasteiger charge is -2.14. The number of nitrogen functional groups attached to an aromatic ring is 2. The van der Waals surface area contributed by atoms with Gasteiger partial charge in [0.15, 0.2) is 0 Å². The topological polar surface area (TPSA) is 117 Å². The summed E-state index contributed by atoms with van der Waals surface area (Å²) in [5.74, 6) is 1.93. The predicted molar refractivity (Wildman–Crippen MR) is 201 cm³/mol. The Kier molecular flexibility index (Phi) is 12.7. The van der Waals surface area contributed by atoms with Crippen LogP contribution < -0.4 is 16.8 Å². The van der Waals surface area contributed by atoms with E-state index < -0.39 is 29.4 Å². The molecule has 0 saturated carbocycles. The number of rotatable bonds is 4. The number of nitrogens with zero attached hydrogens (tertiary/aromatic N) is 4. The fourth-order valence-corrected chi connectivity index (χ4v) is 5.58. The highest BCUT2D eigenvalue weighted by Crippen LogP contribution is 2.34. The monoisotopic (exact) mass is 809 g/mol. The molecule has 0 radical (unpaired) electrons. The molecule has 6 aromatic rings. The fourth-order valence-electron chi connectivity index (χ4n) is 4.95. The van der Waals surface area contributed by atoms with Crippen LogP contribution in [-0.2, 0) is 12.4 Å². The minimum absolute atomic E-state index is 0.0176. The quantitative estimate of drug-likeness (QED) is 0.0932. The van der Waals surface area contributed by atoms with Crippen LogP contribution >= 0.6 is 15.9 Å². The molecule has 1 amide bonds. The van der Waals surface area contributed by atoms with Gasteiger partial charge in [0.1, 0.15) is 0 Å². The first-order valence-electron chi connectivity index (χ1n) is 15.8. The lowest BCUT2D eigenvalue weighted by atomic mass is 10.0. The van der Waals surface area contributed by atoms with E-state index in [1.165, 1.54) is 45.6 Å². The second-order valence-electron chi connectivity index (χ2n) is 12.1. The minimum Gasteiger partial charge on any atom is -0.399 e. The van der Waals surface area contributed by atoms with Crippen LogP contribution in [0.3, 0.4) is 0 Å². The van der Waals surface area contributed by atoms with Gasteiger partial charge in [-0.05, 0) is 106 Å².